The van der Waals surface area contributed by atoms with Gasteiger partial charge in [0.05, 0.1) is 11.3 Å². The van der Waals surface area contributed by atoms with Gasteiger partial charge in [0.25, 0.3) is 0 Å². The van der Waals surface area contributed by atoms with Crippen molar-refractivity contribution < 1.29 is 13.2 Å². The zero-order chi connectivity index (χ0) is 14.9. The molecule has 2 rings (SSSR count). The fourth-order valence-electron chi connectivity index (χ4n) is 1.70. The van der Waals surface area contributed by atoms with Crippen LogP contribution in [0, 0.1) is 0 Å². The van der Waals surface area contributed by atoms with E-state index >= 15 is 0 Å². The molecule has 0 saturated heterocycles. The predicted octanol–water partition coefficient (Wildman–Crippen LogP) is 5.05. The largest absolute Gasteiger partial charge is 0.416 e. The molecule has 0 N–H and O–H groups in total. The molecule has 0 aliphatic carbocycles. The van der Waals surface area contributed by atoms with E-state index in [-0.39, 0.29) is 5.92 Å². The van der Waals surface area contributed by atoms with Crippen molar-refractivity contribution in [3.8, 4) is 11.3 Å². The van der Waals surface area contributed by atoms with Crippen LogP contribution in [0.3, 0.4) is 0 Å². The van der Waals surface area contributed by atoms with Crippen LogP contribution in [-0.4, -0.2) is 9.97 Å². The molecule has 0 fully saturated rings. The van der Waals surface area contributed by atoms with Gasteiger partial charge in [-0.2, -0.15) is 13.2 Å². The second-order valence-corrected chi connectivity index (χ2v) is 5.48. The van der Waals surface area contributed by atoms with Crippen LogP contribution < -0.4 is 0 Å². The molecule has 1 aromatic carbocycles. The van der Waals surface area contributed by atoms with Crippen LogP contribution in [0.15, 0.2) is 34.9 Å². The lowest BCUT2D eigenvalue weighted by Crippen LogP contribution is -2.05. The average molecular weight is 345 g/mol. The van der Waals surface area contributed by atoms with E-state index in [0.29, 0.717) is 21.7 Å². The number of alkyl halides is 3. The smallest absolute Gasteiger partial charge is 0.233 e. The number of nitrogens with zero attached hydrogens (tertiary/aromatic N) is 2. The zero-order valence-corrected chi connectivity index (χ0v) is 12.5. The maximum atomic E-state index is 12.7. The summed E-state index contributed by atoms with van der Waals surface area (Å²) in [6.45, 7) is 3.86. The summed E-state index contributed by atoms with van der Waals surface area (Å²) in [4.78, 5) is 8.53. The lowest BCUT2D eigenvalue weighted by molar-refractivity contribution is -0.137. The van der Waals surface area contributed by atoms with Crippen molar-refractivity contribution in [2.75, 3.05) is 0 Å². The molecule has 0 bridgehead atoms. The highest BCUT2D eigenvalue weighted by atomic mass is 79.9. The van der Waals surface area contributed by atoms with Crippen LogP contribution >= 0.6 is 15.9 Å². The molecule has 106 valence electrons. The van der Waals surface area contributed by atoms with Gasteiger partial charge in [-0.3, -0.25) is 0 Å². The van der Waals surface area contributed by atoms with Crippen molar-refractivity contribution in [1.82, 2.24) is 9.97 Å². The van der Waals surface area contributed by atoms with Gasteiger partial charge < -0.3 is 0 Å². The van der Waals surface area contributed by atoms with Gasteiger partial charge in [0.2, 0.25) is 0 Å². The Morgan fingerprint density at radius 1 is 1.10 bits per heavy atom. The van der Waals surface area contributed by atoms with Crippen molar-refractivity contribution in [1.29, 1.82) is 0 Å². The number of hydrogen-bond acceptors (Lipinski definition) is 2. The van der Waals surface area contributed by atoms with E-state index in [4.69, 9.17) is 0 Å². The Labute approximate surface area is 123 Å². The molecule has 0 spiro atoms. The maximum absolute atomic E-state index is 12.7. The van der Waals surface area contributed by atoms with Gasteiger partial charge in [0, 0.05) is 11.5 Å². The summed E-state index contributed by atoms with van der Waals surface area (Å²) in [6.07, 6.45) is -4.36. The highest BCUT2D eigenvalue weighted by molar-refractivity contribution is 9.10. The lowest BCUT2D eigenvalue weighted by Gasteiger charge is -2.10. The Balaban J connectivity index is 2.51. The molecule has 6 heteroatoms. The first-order valence-electron chi connectivity index (χ1n) is 5.99. The minimum Gasteiger partial charge on any atom is -0.233 e. The van der Waals surface area contributed by atoms with Crippen LogP contribution in [0.25, 0.3) is 11.3 Å². The number of aromatic nitrogens is 2. The van der Waals surface area contributed by atoms with E-state index in [0.717, 1.165) is 12.1 Å². The molecule has 0 aliphatic rings. The van der Waals surface area contributed by atoms with Gasteiger partial charge in [-0.15, -0.1) is 0 Å². The molecule has 2 aromatic rings. The van der Waals surface area contributed by atoms with Crippen molar-refractivity contribution in [2.45, 2.75) is 25.9 Å². The highest BCUT2D eigenvalue weighted by Gasteiger charge is 2.30. The molecule has 1 aromatic heterocycles. The zero-order valence-electron chi connectivity index (χ0n) is 10.9. The summed E-state index contributed by atoms with van der Waals surface area (Å²) in [5.41, 5.74) is 0.210. The fourth-order valence-corrected chi connectivity index (χ4v) is 2.09. The normalized spacial score (nSPS) is 11.9. The molecule has 2 nitrogen and oxygen atoms in total. The number of rotatable bonds is 2. The fraction of sp³-hybridized carbons (Fsp3) is 0.286. The van der Waals surface area contributed by atoms with Crippen LogP contribution in [0.5, 0.6) is 0 Å². The molecule has 0 atom stereocenters. The summed E-state index contributed by atoms with van der Waals surface area (Å²) >= 11 is 3.26. The predicted molar refractivity (Wildman–Crippen MR) is 74.3 cm³/mol. The first-order chi connectivity index (χ1) is 9.27. The molecule has 0 unspecified atom stereocenters. The molecule has 20 heavy (non-hydrogen) atoms. The van der Waals surface area contributed by atoms with E-state index in [1.165, 1.54) is 6.07 Å². The SMILES string of the molecule is CC(C)c1nc(Br)cc(-c2cccc(C(F)(F)F)c2)n1. The van der Waals surface area contributed by atoms with E-state index in [1.54, 1.807) is 12.1 Å². The second kappa shape index (κ2) is 5.52. The summed E-state index contributed by atoms with van der Waals surface area (Å²) in [6, 6.07) is 6.74. The van der Waals surface area contributed by atoms with E-state index in [2.05, 4.69) is 25.9 Å². The van der Waals surface area contributed by atoms with Crippen LogP contribution in [0.2, 0.25) is 0 Å². The van der Waals surface area contributed by atoms with Crippen molar-refractivity contribution in [2.24, 2.45) is 0 Å². The molecule has 0 aliphatic heterocycles. The molecule has 0 saturated carbocycles. The standard InChI is InChI=1S/C14H12BrF3N2/c1-8(2)13-19-11(7-12(15)20-13)9-4-3-5-10(6-9)14(16,17)18/h3-8H,1-2H3. The minimum absolute atomic E-state index is 0.0945. The van der Waals surface area contributed by atoms with Gasteiger partial charge in [-0.1, -0.05) is 26.0 Å². The van der Waals surface area contributed by atoms with Crippen molar-refractivity contribution in [3.63, 3.8) is 0 Å². The monoisotopic (exact) mass is 344 g/mol. The summed E-state index contributed by atoms with van der Waals surface area (Å²) in [7, 11) is 0. The molecular formula is C14H12BrF3N2. The first-order valence-corrected chi connectivity index (χ1v) is 6.79. The maximum Gasteiger partial charge on any atom is 0.416 e. The molecule has 1 heterocycles. The summed E-state index contributed by atoms with van der Waals surface area (Å²) in [5, 5.41) is 0. The third-order valence-electron chi connectivity index (χ3n) is 2.71. The number of benzene rings is 1. The Hall–Kier alpha value is -1.43. The van der Waals surface area contributed by atoms with Crippen LogP contribution in [-0.2, 0) is 6.18 Å². The van der Waals surface area contributed by atoms with Crippen molar-refractivity contribution >= 4 is 15.9 Å². The van der Waals surface area contributed by atoms with Crippen LogP contribution in [0.4, 0.5) is 13.2 Å². The quantitative estimate of drug-likeness (QED) is 0.712. The summed E-state index contributed by atoms with van der Waals surface area (Å²) in [5.74, 6) is 0.684. The Bertz CT molecular complexity index is 624. The summed E-state index contributed by atoms with van der Waals surface area (Å²) < 4.78 is 38.7. The van der Waals surface area contributed by atoms with Crippen molar-refractivity contribution in [3.05, 3.63) is 46.3 Å². The van der Waals surface area contributed by atoms with E-state index in [1.807, 2.05) is 13.8 Å². The van der Waals surface area contributed by atoms with Gasteiger partial charge in [0.1, 0.15) is 10.4 Å². The second-order valence-electron chi connectivity index (χ2n) is 4.67. The van der Waals surface area contributed by atoms with E-state index in [9.17, 15) is 13.2 Å². The number of halogens is 4. The van der Waals surface area contributed by atoms with Gasteiger partial charge in [-0.25, -0.2) is 9.97 Å². The van der Waals surface area contributed by atoms with Gasteiger partial charge >= 0.3 is 6.18 Å². The third kappa shape index (κ3) is 3.36. The topological polar surface area (TPSA) is 25.8 Å². The average Bonchev–Trinajstić information content (AvgIpc) is 2.37. The Kier molecular flexibility index (Phi) is 4.13. The third-order valence-corrected chi connectivity index (χ3v) is 3.12. The van der Waals surface area contributed by atoms with Crippen LogP contribution in [0.1, 0.15) is 31.2 Å². The Morgan fingerprint density at radius 3 is 2.40 bits per heavy atom. The molecular weight excluding hydrogens is 333 g/mol. The van der Waals surface area contributed by atoms with Gasteiger partial charge in [-0.05, 0) is 34.1 Å². The Morgan fingerprint density at radius 2 is 1.80 bits per heavy atom. The first kappa shape index (κ1) is 15.0. The minimum atomic E-state index is -4.36. The highest BCUT2D eigenvalue weighted by Crippen LogP contribution is 2.32. The molecule has 0 radical (unpaired) electrons. The molecule has 0 amide bonds. The van der Waals surface area contributed by atoms with Gasteiger partial charge in [0.15, 0.2) is 0 Å². The lowest BCUT2D eigenvalue weighted by atomic mass is 10.1. The van der Waals surface area contributed by atoms with E-state index < -0.39 is 11.7 Å². The number of hydrogen-bond donors (Lipinski definition) is 0.